The SMILES string of the molecule is COc1cccc(C2(N(C)C(=O)OC(C)(C)C)CCNCC2)c1. The highest BCUT2D eigenvalue weighted by Gasteiger charge is 2.42. The first kappa shape index (κ1) is 17.6. The van der Waals surface area contributed by atoms with Crippen LogP contribution in [0.1, 0.15) is 39.2 Å². The monoisotopic (exact) mass is 320 g/mol. The van der Waals surface area contributed by atoms with Crippen molar-refractivity contribution >= 4 is 6.09 Å². The molecule has 0 saturated carbocycles. The van der Waals surface area contributed by atoms with Gasteiger partial charge in [0.1, 0.15) is 11.4 Å². The van der Waals surface area contributed by atoms with Crippen molar-refractivity contribution in [2.24, 2.45) is 0 Å². The van der Waals surface area contributed by atoms with Crippen molar-refractivity contribution in [1.82, 2.24) is 10.2 Å². The summed E-state index contributed by atoms with van der Waals surface area (Å²) in [6.07, 6.45) is 1.40. The minimum Gasteiger partial charge on any atom is -0.497 e. The van der Waals surface area contributed by atoms with Crippen molar-refractivity contribution in [2.45, 2.75) is 44.8 Å². The third kappa shape index (κ3) is 3.96. The summed E-state index contributed by atoms with van der Waals surface area (Å²) in [5, 5.41) is 3.37. The van der Waals surface area contributed by atoms with Gasteiger partial charge in [0.15, 0.2) is 0 Å². The summed E-state index contributed by atoms with van der Waals surface area (Å²) < 4.78 is 11.0. The maximum absolute atomic E-state index is 12.6. The second kappa shape index (κ2) is 6.79. The molecular weight excluding hydrogens is 292 g/mol. The third-order valence-electron chi connectivity index (χ3n) is 4.35. The average molecular weight is 320 g/mol. The largest absolute Gasteiger partial charge is 0.497 e. The van der Waals surface area contributed by atoms with Crippen LogP contribution in [-0.2, 0) is 10.3 Å². The molecule has 1 fully saturated rings. The van der Waals surface area contributed by atoms with Crippen molar-refractivity contribution < 1.29 is 14.3 Å². The number of ether oxygens (including phenoxy) is 2. The maximum Gasteiger partial charge on any atom is 0.410 e. The molecule has 1 aromatic carbocycles. The van der Waals surface area contributed by atoms with Gasteiger partial charge in [-0.15, -0.1) is 0 Å². The van der Waals surface area contributed by atoms with Crippen LogP contribution in [0.3, 0.4) is 0 Å². The summed E-state index contributed by atoms with van der Waals surface area (Å²) >= 11 is 0. The molecule has 2 rings (SSSR count). The Morgan fingerprint density at radius 1 is 1.26 bits per heavy atom. The number of amides is 1. The van der Waals surface area contributed by atoms with E-state index in [9.17, 15) is 4.79 Å². The zero-order chi connectivity index (χ0) is 17.1. The van der Waals surface area contributed by atoms with Crippen LogP contribution < -0.4 is 10.1 Å². The van der Waals surface area contributed by atoms with Gasteiger partial charge in [-0.3, -0.25) is 0 Å². The highest BCUT2D eigenvalue weighted by atomic mass is 16.6. The molecule has 1 aliphatic heterocycles. The van der Waals surface area contributed by atoms with Gasteiger partial charge in [-0.05, 0) is 64.4 Å². The minimum absolute atomic E-state index is 0.290. The normalized spacial score (nSPS) is 17.4. The molecule has 0 aliphatic carbocycles. The molecule has 1 N–H and O–H groups in total. The predicted octanol–water partition coefficient (Wildman–Crippen LogP) is 3.14. The molecule has 0 aromatic heterocycles. The van der Waals surface area contributed by atoms with Crippen molar-refractivity contribution in [3.05, 3.63) is 29.8 Å². The van der Waals surface area contributed by atoms with Gasteiger partial charge >= 0.3 is 6.09 Å². The van der Waals surface area contributed by atoms with E-state index in [0.29, 0.717) is 0 Å². The number of hydrogen-bond donors (Lipinski definition) is 1. The lowest BCUT2D eigenvalue weighted by atomic mass is 9.80. The number of nitrogens with one attached hydrogen (secondary N) is 1. The predicted molar refractivity (Wildman–Crippen MR) is 90.8 cm³/mol. The third-order valence-corrected chi connectivity index (χ3v) is 4.35. The first-order valence-electron chi connectivity index (χ1n) is 8.10. The van der Waals surface area contributed by atoms with Crippen LogP contribution in [-0.4, -0.2) is 43.8 Å². The van der Waals surface area contributed by atoms with Crippen LogP contribution in [0, 0.1) is 0 Å². The lowest BCUT2D eigenvalue weighted by Gasteiger charge is -2.45. The number of nitrogens with zero attached hydrogens (tertiary/aromatic N) is 1. The van der Waals surface area contributed by atoms with Crippen molar-refractivity contribution in [2.75, 3.05) is 27.2 Å². The van der Waals surface area contributed by atoms with Gasteiger partial charge in [0.25, 0.3) is 0 Å². The molecule has 5 heteroatoms. The molecule has 1 aliphatic rings. The van der Waals surface area contributed by atoms with Gasteiger partial charge in [-0.25, -0.2) is 4.79 Å². The molecule has 23 heavy (non-hydrogen) atoms. The molecule has 1 heterocycles. The lowest BCUT2D eigenvalue weighted by Crippen LogP contribution is -2.53. The van der Waals surface area contributed by atoms with Gasteiger partial charge in [-0.1, -0.05) is 12.1 Å². The molecule has 0 radical (unpaired) electrons. The smallest absolute Gasteiger partial charge is 0.410 e. The Balaban J connectivity index is 2.36. The number of hydrogen-bond acceptors (Lipinski definition) is 4. The molecule has 0 unspecified atom stereocenters. The second-order valence-electron chi connectivity index (χ2n) is 7.05. The van der Waals surface area contributed by atoms with Crippen LogP contribution >= 0.6 is 0 Å². The van der Waals surface area contributed by atoms with Crippen LogP contribution in [0.4, 0.5) is 4.79 Å². The zero-order valence-electron chi connectivity index (χ0n) is 14.8. The highest BCUT2D eigenvalue weighted by Crippen LogP contribution is 2.38. The molecule has 0 atom stereocenters. The number of piperidine rings is 1. The molecule has 0 spiro atoms. The lowest BCUT2D eigenvalue weighted by molar-refractivity contribution is -0.00373. The Labute approximate surface area is 139 Å². The number of carbonyl (C=O) groups is 1. The summed E-state index contributed by atoms with van der Waals surface area (Å²) in [5.74, 6) is 0.804. The minimum atomic E-state index is -0.506. The van der Waals surface area contributed by atoms with E-state index >= 15 is 0 Å². The van der Waals surface area contributed by atoms with E-state index in [4.69, 9.17) is 9.47 Å². The molecule has 0 bridgehead atoms. The fourth-order valence-electron chi connectivity index (χ4n) is 3.08. The Hall–Kier alpha value is -1.75. The number of methoxy groups -OCH3 is 1. The number of benzene rings is 1. The molecule has 128 valence electrons. The molecule has 1 saturated heterocycles. The Morgan fingerprint density at radius 2 is 1.91 bits per heavy atom. The van der Waals surface area contributed by atoms with E-state index in [-0.39, 0.29) is 11.6 Å². The van der Waals surface area contributed by atoms with E-state index in [1.165, 1.54) is 0 Å². The van der Waals surface area contributed by atoms with E-state index < -0.39 is 5.60 Å². The van der Waals surface area contributed by atoms with Crippen LogP contribution in [0.5, 0.6) is 5.75 Å². The standard InChI is InChI=1S/C18H28N2O3/c1-17(2,3)23-16(21)20(4)18(9-11-19-12-10-18)14-7-6-8-15(13-14)22-5/h6-8,13,19H,9-12H2,1-5H3. The maximum atomic E-state index is 12.6. The highest BCUT2D eigenvalue weighted by molar-refractivity contribution is 5.69. The number of carbonyl (C=O) groups excluding carboxylic acids is 1. The van der Waals surface area contributed by atoms with Gasteiger partial charge in [0.05, 0.1) is 12.6 Å². The Morgan fingerprint density at radius 3 is 2.48 bits per heavy atom. The topological polar surface area (TPSA) is 50.8 Å². The molecular formula is C18H28N2O3. The van der Waals surface area contributed by atoms with Crippen LogP contribution in [0.15, 0.2) is 24.3 Å². The molecule has 1 aromatic rings. The number of rotatable bonds is 3. The summed E-state index contributed by atoms with van der Waals surface area (Å²) in [4.78, 5) is 14.4. The summed E-state index contributed by atoms with van der Waals surface area (Å²) in [5.41, 5.74) is 0.211. The Bertz CT molecular complexity index is 545. The average Bonchev–Trinajstić information content (AvgIpc) is 2.53. The summed E-state index contributed by atoms with van der Waals surface area (Å²) in [6.45, 7) is 7.40. The van der Waals surface area contributed by atoms with E-state index in [1.807, 2.05) is 46.0 Å². The van der Waals surface area contributed by atoms with E-state index in [1.54, 1.807) is 12.0 Å². The fraction of sp³-hybridized carbons (Fsp3) is 0.611. The second-order valence-corrected chi connectivity index (χ2v) is 7.05. The van der Waals surface area contributed by atoms with Crippen molar-refractivity contribution in [3.8, 4) is 5.75 Å². The Kier molecular flexibility index (Phi) is 5.19. The van der Waals surface area contributed by atoms with Crippen LogP contribution in [0.25, 0.3) is 0 Å². The summed E-state index contributed by atoms with van der Waals surface area (Å²) in [7, 11) is 3.49. The fourth-order valence-corrected chi connectivity index (χ4v) is 3.08. The molecule has 1 amide bonds. The van der Waals surface area contributed by atoms with Gasteiger partial charge < -0.3 is 19.7 Å². The van der Waals surface area contributed by atoms with E-state index in [2.05, 4.69) is 11.4 Å². The van der Waals surface area contributed by atoms with E-state index in [0.717, 1.165) is 37.2 Å². The zero-order valence-corrected chi connectivity index (χ0v) is 14.8. The quantitative estimate of drug-likeness (QED) is 0.929. The molecule has 5 nitrogen and oxygen atoms in total. The van der Waals surface area contributed by atoms with Gasteiger partial charge in [0, 0.05) is 7.05 Å². The van der Waals surface area contributed by atoms with Crippen LogP contribution in [0.2, 0.25) is 0 Å². The first-order valence-corrected chi connectivity index (χ1v) is 8.10. The van der Waals surface area contributed by atoms with Crippen molar-refractivity contribution in [3.63, 3.8) is 0 Å². The van der Waals surface area contributed by atoms with Gasteiger partial charge in [0.2, 0.25) is 0 Å². The first-order chi connectivity index (χ1) is 10.8. The summed E-state index contributed by atoms with van der Waals surface area (Å²) in [6, 6.07) is 7.98. The van der Waals surface area contributed by atoms with Crippen molar-refractivity contribution in [1.29, 1.82) is 0 Å². The van der Waals surface area contributed by atoms with Gasteiger partial charge in [-0.2, -0.15) is 0 Å².